The summed E-state index contributed by atoms with van der Waals surface area (Å²) in [7, 11) is 0. The number of carboxylic acid groups (broad SMARTS) is 1. The summed E-state index contributed by atoms with van der Waals surface area (Å²) in [5.41, 5.74) is 3.56. The van der Waals surface area contributed by atoms with E-state index in [0.717, 1.165) is 26.9 Å². The summed E-state index contributed by atoms with van der Waals surface area (Å²) < 4.78 is 0. The van der Waals surface area contributed by atoms with Crippen molar-refractivity contribution in [3.8, 4) is 0 Å². The van der Waals surface area contributed by atoms with Crippen molar-refractivity contribution >= 4 is 28.7 Å². The second kappa shape index (κ2) is 8.31. The van der Waals surface area contributed by atoms with Crippen molar-refractivity contribution in [1.29, 1.82) is 0 Å². The summed E-state index contributed by atoms with van der Waals surface area (Å²) in [6.07, 6.45) is 1.79. The minimum Gasteiger partial charge on any atom is -0.481 e. The standard InChI is InChI=1S/C21H18N2O4.C2H6/c1-12-6-7-18-17(8-12)13(11-22-18)9-14(10-19(24)25)23-20(26)15-4-2-3-5-16(15)21(23)27;1-2/h2-8,11,14,22H,9-10H2,1H3,(H,24,25);1-2H3. The van der Waals surface area contributed by atoms with E-state index in [1.807, 2.05) is 45.2 Å². The van der Waals surface area contributed by atoms with Gasteiger partial charge in [0.1, 0.15) is 0 Å². The third kappa shape index (κ3) is 3.78. The molecule has 6 heteroatoms. The van der Waals surface area contributed by atoms with Crippen molar-refractivity contribution in [2.45, 2.75) is 39.7 Å². The van der Waals surface area contributed by atoms with Gasteiger partial charge in [-0.05, 0) is 43.2 Å². The topological polar surface area (TPSA) is 90.5 Å². The molecule has 2 amide bonds. The number of amides is 2. The van der Waals surface area contributed by atoms with Crippen LogP contribution >= 0.6 is 0 Å². The normalized spacial score (nSPS) is 13.8. The van der Waals surface area contributed by atoms with Crippen LogP contribution < -0.4 is 0 Å². The van der Waals surface area contributed by atoms with Gasteiger partial charge in [-0.2, -0.15) is 0 Å². The third-order valence-corrected chi connectivity index (χ3v) is 4.98. The predicted octanol–water partition coefficient (Wildman–Crippen LogP) is 4.18. The number of fused-ring (bicyclic) bond motifs is 2. The molecule has 29 heavy (non-hydrogen) atoms. The van der Waals surface area contributed by atoms with E-state index in [2.05, 4.69) is 4.98 Å². The van der Waals surface area contributed by atoms with E-state index in [4.69, 9.17) is 0 Å². The Bertz CT molecular complexity index is 1050. The number of hydrogen-bond donors (Lipinski definition) is 2. The molecule has 150 valence electrons. The predicted molar refractivity (Wildman–Crippen MR) is 111 cm³/mol. The number of nitrogens with one attached hydrogen (secondary N) is 1. The Kier molecular flexibility index (Phi) is 5.82. The molecule has 2 aromatic carbocycles. The van der Waals surface area contributed by atoms with E-state index in [0.29, 0.717) is 11.1 Å². The fourth-order valence-electron chi connectivity index (χ4n) is 3.71. The van der Waals surface area contributed by atoms with Crippen LogP contribution in [-0.2, 0) is 11.2 Å². The number of carbonyl (C=O) groups is 3. The van der Waals surface area contributed by atoms with Gasteiger partial charge < -0.3 is 10.1 Å². The lowest BCUT2D eigenvalue weighted by Crippen LogP contribution is -2.42. The number of benzene rings is 2. The number of carbonyl (C=O) groups excluding carboxylic acids is 2. The fourth-order valence-corrected chi connectivity index (χ4v) is 3.71. The van der Waals surface area contributed by atoms with Gasteiger partial charge in [-0.15, -0.1) is 0 Å². The number of nitrogens with zero attached hydrogens (tertiary/aromatic N) is 1. The minimum atomic E-state index is -1.05. The number of aliphatic carboxylic acids is 1. The second-order valence-electron chi connectivity index (χ2n) is 6.84. The Morgan fingerprint density at radius 3 is 2.28 bits per heavy atom. The highest BCUT2D eigenvalue weighted by atomic mass is 16.4. The Balaban J connectivity index is 0.00000117. The summed E-state index contributed by atoms with van der Waals surface area (Å²) in [5.74, 6) is -1.91. The Morgan fingerprint density at radius 1 is 1.07 bits per heavy atom. The van der Waals surface area contributed by atoms with Gasteiger partial charge in [0.25, 0.3) is 11.8 Å². The number of carboxylic acids is 1. The van der Waals surface area contributed by atoms with Crippen molar-refractivity contribution in [2.24, 2.45) is 0 Å². The molecule has 0 aliphatic carbocycles. The van der Waals surface area contributed by atoms with Crippen LogP contribution in [-0.4, -0.2) is 38.8 Å². The van der Waals surface area contributed by atoms with Gasteiger partial charge in [-0.3, -0.25) is 19.3 Å². The summed E-state index contributed by atoms with van der Waals surface area (Å²) in [6, 6.07) is 11.8. The van der Waals surface area contributed by atoms with E-state index in [1.54, 1.807) is 24.3 Å². The number of H-pyrrole nitrogens is 1. The molecule has 3 aromatic rings. The minimum absolute atomic E-state index is 0.279. The molecule has 1 aliphatic heterocycles. The lowest BCUT2D eigenvalue weighted by molar-refractivity contribution is -0.137. The van der Waals surface area contributed by atoms with Crippen LogP contribution in [0.4, 0.5) is 0 Å². The zero-order valence-electron chi connectivity index (χ0n) is 16.7. The van der Waals surface area contributed by atoms with E-state index < -0.39 is 23.8 Å². The number of aryl methyl sites for hydroxylation is 1. The van der Waals surface area contributed by atoms with Crippen molar-refractivity contribution in [1.82, 2.24) is 9.88 Å². The first-order chi connectivity index (χ1) is 14.0. The van der Waals surface area contributed by atoms with E-state index in [9.17, 15) is 19.5 Å². The van der Waals surface area contributed by atoms with Crippen LogP contribution in [0.15, 0.2) is 48.7 Å². The molecule has 6 nitrogen and oxygen atoms in total. The monoisotopic (exact) mass is 392 g/mol. The van der Waals surface area contributed by atoms with E-state index >= 15 is 0 Å². The van der Waals surface area contributed by atoms with Gasteiger partial charge in [0.05, 0.1) is 23.6 Å². The molecule has 0 spiro atoms. The summed E-state index contributed by atoms with van der Waals surface area (Å²) in [6.45, 7) is 5.98. The van der Waals surface area contributed by atoms with Crippen molar-refractivity contribution in [2.75, 3.05) is 0 Å². The molecule has 0 fully saturated rings. The average Bonchev–Trinajstić information content (AvgIpc) is 3.21. The van der Waals surface area contributed by atoms with Gasteiger partial charge in [-0.25, -0.2) is 0 Å². The average molecular weight is 392 g/mol. The van der Waals surface area contributed by atoms with Crippen LogP contribution in [0.5, 0.6) is 0 Å². The molecule has 0 saturated heterocycles. The molecular formula is C23H24N2O4. The first-order valence-electron chi connectivity index (χ1n) is 9.71. The lowest BCUT2D eigenvalue weighted by Gasteiger charge is -2.25. The van der Waals surface area contributed by atoms with Crippen molar-refractivity contribution < 1.29 is 19.5 Å². The maximum Gasteiger partial charge on any atom is 0.305 e. The first-order valence-corrected chi connectivity index (χ1v) is 9.71. The molecule has 1 atom stereocenters. The molecule has 4 rings (SSSR count). The van der Waals surface area contributed by atoms with Crippen LogP contribution in [0, 0.1) is 6.92 Å². The number of rotatable bonds is 5. The quantitative estimate of drug-likeness (QED) is 0.637. The third-order valence-electron chi connectivity index (χ3n) is 4.98. The highest BCUT2D eigenvalue weighted by Crippen LogP contribution is 2.29. The molecule has 0 radical (unpaired) electrons. The molecule has 0 bridgehead atoms. The highest BCUT2D eigenvalue weighted by molar-refractivity contribution is 6.21. The summed E-state index contributed by atoms with van der Waals surface area (Å²) in [4.78, 5) is 41.3. The van der Waals surface area contributed by atoms with Gasteiger partial charge >= 0.3 is 5.97 Å². The van der Waals surface area contributed by atoms with Crippen LogP contribution in [0.2, 0.25) is 0 Å². The Morgan fingerprint density at radius 2 is 1.69 bits per heavy atom. The molecule has 0 saturated carbocycles. The van der Waals surface area contributed by atoms with Crippen LogP contribution in [0.25, 0.3) is 10.9 Å². The van der Waals surface area contributed by atoms with E-state index in [1.165, 1.54) is 0 Å². The first kappa shape index (κ1) is 20.3. The van der Waals surface area contributed by atoms with Crippen LogP contribution in [0.1, 0.15) is 52.1 Å². The zero-order chi connectivity index (χ0) is 21.1. The van der Waals surface area contributed by atoms with Gasteiger partial charge in [0, 0.05) is 17.1 Å². The maximum absolute atomic E-state index is 12.8. The number of aromatic amines is 1. The Labute approximate surface area is 169 Å². The number of aromatic nitrogens is 1. The van der Waals surface area contributed by atoms with Crippen molar-refractivity contribution in [3.05, 3.63) is 70.9 Å². The van der Waals surface area contributed by atoms with Gasteiger partial charge in [-0.1, -0.05) is 37.6 Å². The Hall–Kier alpha value is -3.41. The molecule has 1 aromatic heterocycles. The molecule has 2 heterocycles. The van der Waals surface area contributed by atoms with Crippen molar-refractivity contribution in [3.63, 3.8) is 0 Å². The highest BCUT2D eigenvalue weighted by Gasteiger charge is 2.40. The largest absolute Gasteiger partial charge is 0.481 e. The van der Waals surface area contributed by atoms with E-state index in [-0.39, 0.29) is 12.8 Å². The lowest BCUT2D eigenvalue weighted by atomic mass is 10.0. The maximum atomic E-state index is 12.8. The van der Waals surface area contributed by atoms with Gasteiger partial charge in [0.15, 0.2) is 0 Å². The van der Waals surface area contributed by atoms with Gasteiger partial charge in [0.2, 0.25) is 0 Å². The second-order valence-corrected chi connectivity index (χ2v) is 6.84. The zero-order valence-corrected chi connectivity index (χ0v) is 16.7. The number of imide groups is 1. The molecule has 2 N–H and O–H groups in total. The number of hydrogen-bond acceptors (Lipinski definition) is 3. The summed E-state index contributed by atoms with van der Waals surface area (Å²) in [5, 5.41) is 10.3. The van der Waals surface area contributed by atoms with Crippen LogP contribution in [0.3, 0.4) is 0 Å². The fraction of sp³-hybridized carbons (Fsp3) is 0.261. The summed E-state index contributed by atoms with van der Waals surface area (Å²) >= 11 is 0. The smallest absolute Gasteiger partial charge is 0.305 e. The molecule has 1 aliphatic rings. The SMILES string of the molecule is CC.Cc1ccc2[nH]cc(CC(CC(=O)O)N3C(=O)c4ccccc4C3=O)c2c1. The molecule has 1 unspecified atom stereocenters. The molecular weight excluding hydrogens is 368 g/mol.